The van der Waals surface area contributed by atoms with Crippen molar-refractivity contribution in [3.8, 4) is 0 Å². The summed E-state index contributed by atoms with van der Waals surface area (Å²) in [6.07, 6.45) is 1.79. The van der Waals surface area contributed by atoms with E-state index in [2.05, 4.69) is 5.32 Å². The molecule has 0 heterocycles. The number of sulfone groups is 1. The molecule has 6 nitrogen and oxygen atoms in total. The molecule has 0 aromatic heterocycles. The van der Waals surface area contributed by atoms with Crippen molar-refractivity contribution in [1.29, 1.82) is 0 Å². The molecule has 0 saturated carbocycles. The van der Waals surface area contributed by atoms with Gasteiger partial charge in [0.2, 0.25) is 0 Å². The normalized spacial score (nSPS) is 11.0. The van der Waals surface area contributed by atoms with Gasteiger partial charge in [-0.15, -0.1) is 0 Å². The van der Waals surface area contributed by atoms with Crippen LogP contribution in [0.4, 0.5) is 0 Å². The molecule has 0 saturated heterocycles. The van der Waals surface area contributed by atoms with Crippen LogP contribution in [-0.2, 0) is 19.4 Å². The van der Waals surface area contributed by atoms with E-state index in [0.29, 0.717) is 19.6 Å². The molecule has 0 unspecified atom stereocenters. The SMILES string of the molecule is CCOC(=O)CCCNC(=O)c1cccc(S(C)(=O)=O)c1. The zero-order valence-corrected chi connectivity index (χ0v) is 12.9. The number of nitrogens with one attached hydrogen (secondary N) is 1. The molecule has 0 bridgehead atoms. The molecular weight excluding hydrogens is 294 g/mol. The molecule has 21 heavy (non-hydrogen) atoms. The van der Waals surface area contributed by atoms with Crippen molar-refractivity contribution in [2.75, 3.05) is 19.4 Å². The lowest BCUT2D eigenvalue weighted by atomic mass is 10.2. The molecule has 1 aromatic carbocycles. The van der Waals surface area contributed by atoms with E-state index in [-0.39, 0.29) is 28.8 Å². The summed E-state index contributed by atoms with van der Waals surface area (Å²) in [5.74, 6) is -0.671. The summed E-state index contributed by atoms with van der Waals surface area (Å²) in [4.78, 5) is 23.1. The highest BCUT2D eigenvalue weighted by atomic mass is 32.2. The third-order valence-electron chi connectivity index (χ3n) is 2.67. The molecule has 1 N–H and O–H groups in total. The van der Waals surface area contributed by atoms with Crippen molar-refractivity contribution in [2.45, 2.75) is 24.7 Å². The van der Waals surface area contributed by atoms with Gasteiger partial charge in [-0.1, -0.05) is 6.07 Å². The molecule has 1 rings (SSSR count). The highest BCUT2D eigenvalue weighted by Crippen LogP contribution is 2.11. The van der Waals surface area contributed by atoms with Crippen molar-refractivity contribution in [2.24, 2.45) is 0 Å². The lowest BCUT2D eigenvalue weighted by Gasteiger charge is -2.06. The second-order valence-electron chi connectivity index (χ2n) is 4.46. The molecule has 7 heteroatoms. The Balaban J connectivity index is 2.51. The molecule has 1 amide bonds. The predicted molar refractivity (Wildman–Crippen MR) is 77.8 cm³/mol. The van der Waals surface area contributed by atoms with Gasteiger partial charge in [0, 0.05) is 24.8 Å². The number of esters is 1. The van der Waals surface area contributed by atoms with Crippen molar-refractivity contribution >= 4 is 21.7 Å². The summed E-state index contributed by atoms with van der Waals surface area (Å²) >= 11 is 0. The first-order chi connectivity index (χ1) is 9.84. The summed E-state index contributed by atoms with van der Waals surface area (Å²) in [5.41, 5.74) is 0.272. The first kappa shape index (κ1) is 17.2. The fourth-order valence-electron chi connectivity index (χ4n) is 1.64. The first-order valence-electron chi connectivity index (χ1n) is 6.58. The summed E-state index contributed by atoms with van der Waals surface area (Å²) in [6.45, 7) is 2.39. The molecule has 0 aliphatic rings. The van der Waals surface area contributed by atoms with Crippen LogP contribution in [0.1, 0.15) is 30.1 Å². The van der Waals surface area contributed by atoms with Gasteiger partial charge in [0.25, 0.3) is 5.91 Å². The maximum Gasteiger partial charge on any atom is 0.305 e. The second-order valence-corrected chi connectivity index (χ2v) is 6.48. The van der Waals surface area contributed by atoms with Crippen LogP contribution < -0.4 is 5.32 Å². The minimum Gasteiger partial charge on any atom is -0.466 e. The number of carbonyl (C=O) groups is 2. The van der Waals surface area contributed by atoms with Crippen molar-refractivity contribution in [3.05, 3.63) is 29.8 Å². The van der Waals surface area contributed by atoms with Crippen LogP contribution in [0.15, 0.2) is 29.2 Å². The van der Waals surface area contributed by atoms with Gasteiger partial charge < -0.3 is 10.1 Å². The Hall–Kier alpha value is -1.89. The molecule has 0 aliphatic carbocycles. The molecule has 0 atom stereocenters. The largest absolute Gasteiger partial charge is 0.466 e. The van der Waals surface area contributed by atoms with Crippen molar-refractivity contribution < 1.29 is 22.7 Å². The van der Waals surface area contributed by atoms with E-state index in [4.69, 9.17) is 4.74 Å². The third kappa shape index (κ3) is 5.95. The number of ether oxygens (including phenoxy) is 1. The fourth-order valence-corrected chi connectivity index (χ4v) is 2.30. The minimum absolute atomic E-state index is 0.0988. The molecule has 0 fully saturated rings. The van der Waals surface area contributed by atoms with Crippen LogP contribution in [0.2, 0.25) is 0 Å². The average molecular weight is 313 g/mol. The summed E-state index contributed by atoms with van der Waals surface area (Å²) < 4.78 is 27.6. The van der Waals surface area contributed by atoms with E-state index in [1.165, 1.54) is 24.3 Å². The predicted octanol–water partition coefficient (Wildman–Crippen LogP) is 1.16. The minimum atomic E-state index is -3.34. The van der Waals surface area contributed by atoms with Crippen LogP contribution in [0.3, 0.4) is 0 Å². The Labute approximate surface area is 124 Å². The quantitative estimate of drug-likeness (QED) is 0.603. The van der Waals surface area contributed by atoms with Gasteiger partial charge in [0.05, 0.1) is 11.5 Å². The highest BCUT2D eigenvalue weighted by Gasteiger charge is 2.11. The lowest BCUT2D eigenvalue weighted by molar-refractivity contribution is -0.143. The van der Waals surface area contributed by atoms with Crippen molar-refractivity contribution in [1.82, 2.24) is 5.32 Å². The average Bonchev–Trinajstić information content (AvgIpc) is 2.43. The highest BCUT2D eigenvalue weighted by molar-refractivity contribution is 7.90. The zero-order chi connectivity index (χ0) is 15.9. The van der Waals surface area contributed by atoms with E-state index in [1.54, 1.807) is 6.92 Å². The molecule has 0 spiro atoms. The van der Waals surface area contributed by atoms with Gasteiger partial charge in [-0.3, -0.25) is 9.59 Å². The van der Waals surface area contributed by atoms with E-state index in [0.717, 1.165) is 6.26 Å². The number of amides is 1. The number of rotatable bonds is 7. The van der Waals surface area contributed by atoms with Gasteiger partial charge in [-0.25, -0.2) is 8.42 Å². The smallest absolute Gasteiger partial charge is 0.305 e. The monoisotopic (exact) mass is 313 g/mol. The van der Waals surface area contributed by atoms with Gasteiger partial charge in [-0.05, 0) is 31.5 Å². The van der Waals surface area contributed by atoms with Gasteiger partial charge in [0.15, 0.2) is 9.84 Å². The molecular formula is C14H19NO5S. The maximum absolute atomic E-state index is 11.9. The van der Waals surface area contributed by atoms with E-state index in [1.807, 2.05) is 0 Å². The van der Waals surface area contributed by atoms with Gasteiger partial charge in [-0.2, -0.15) is 0 Å². The zero-order valence-electron chi connectivity index (χ0n) is 12.1. The van der Waals surface area contributed by atoms with E-state index >= 15 is 0 Å². The van der Waals surface area contributed by atoms with Gasteiger partial charge in [0.1, 0.15) is 0 Å². The van der Waals surface area contributed by atoms with Crippen LogP contribution in [0.25, 0.3) is 0 Å². The lowest BCUT2D eigenvalue weighted by Crippen LogP contribution is -2.25. The van der Waals surface area contributed by atoms with E-state index in [9.17, 15) is 18.0 Å². The second kappa shape index (κ2) is 7.78. The first-order valence-corrected chi connectivity index (χ1v) is 8.47. The molecule has 1 aromatic rings. The third-order valence-corrected chi connectivity index (χ3v) is 3.78. The van der Waals surface area contributed by atoms with Crippen LogP contribution >= 0.6 is 0 Å². The van der Waals surface area contributed by atoms with Crippen LogP contribution in [0, 0.1) is 0 Å². The Bertz CT molecular complexity index is 610. The van der Waals surface area contributed by atoms with Crippen LogP contribution in [-0.4, -0.2) is 39.7 Å². The van der Waals surface area contributed by atoms with E-state index < -0.39 is 9.84 Å². The maximum atomic E-state index is 11.9. The summed E-state index contributed by atoms with van der Waals surface area (Å²) in [6, 6.07) is 5.82. The topological polar surface area (TPSA) is 89.5 Å². The van der Waals surface area contributed by atoms with Crippen molar-refractivity contribution in [3.63, 3.8) is 0 Å². The number of carbonyl (C=O) groups excluding carboxylic acids is 2. The Morgan fingerprint density at radius 2 is 2.00 bits per heavy atom. The number of hydrogen-bond acceptors (Lipinski definition) is 5. The number of hydrogen-bond donors (Lipinski definition) is 1. The summed E-state index contributed by atoms with van der Waals surface area (Å²) in [7, 11) is -3.34. The molecule has 0 radical (unpaired) electrons. The van der Waals surface area contributed by atoms with Crippen LogP contribution in [0.5, 0.6) is 0 Å². The van der Waals surface area contributed by atoms with Gasteiger partial charge >= 0.3 is 5.97 Å². The summed E-state index contributed by atoms with van der Waals surface area (Å²) in [5, 5.41) is 2.63. The number of benzene rings is 1. The molecule has 0 aliphatic heterocycles. The molecule has 116 valence electrons. The Morgan fingerprint density at radius 1 is 1.29 bits per heavy atom. The standard InChI is InChI=1S/C14H19NO5S/c1-3-20-13(16)8-5-9-15-14(17)11-6-4-7-12(10-11)21(2,18)19/h4,6-7,10H,3,5,8-9H2,1-2H3,(H,15,17). The fraction of sp³-hybridized carbons (Fsp3) is 0.429. The Kier molecular flexibility index (Phi) is 6.36. The Morgan fingerprint density at radius 3 is 2.62 bits per heavy atom.